The summed E-state index contributed by atoms with van der Waals surface area (Å²) in [5.41, 5.74) is 0. The monoisotopic (exact) mass is 116 g/mol. The number of ether oxygens (including phenoxy) is 1. The van der Waals surface area contributed by atoms with Gasteiger partial charge in [0.25, 0.3) is 6.26 Å². The van der Waals surface area contributed by atoms with E-state index in [4.69, 9.17) is 5.26 Å². The fourth-order valence-electron chi connectivity index (χ4n) is 0.0763. The Labute approximate surface area is 43.4 Å². The number of hydrogen-bond acceptors (Lipinski definition) is 5. The van der Waals surface area contributed by atoms with E-state index in [9.17, 15) is 14.9 Å². The normalized spacial score (nSPS) is 6.88. The number of carbonyl (C=O) groups is 1. The van der Waals surface area contributed by atoms with Crippen LogP contribution in [0.2, 0.25) is 0 Å². The SMILES string of the molecule is N#COC(=O)[N+](=O)[O-]. The van der Waals surface area contributed by atoms with Crippen molar-refractivity contribution in [3.05, 3.63) is 10.1 Å². The van der Waals surface area contributed by atoms with Gasteiger partial charge in [-0.25, -0.2) is 0 Å². The minimum atomic E-state index is -1.76. The Balaban J connectivity index is 3.71. The molecule has 0 radical (unpaired) electrons. The third kappa shape index (κ3) is 1.71. The van der Waals surface area contributed by atoms with Gasteiger partial charge >= 0.3 is 6.09 Å². The molecular formula is C2N2O4. The van der Waals surface area contributed by atoms with Gasteiger partial charge in [-0.05, 0) is 0 Å². The van der Waals surface area contributed by atoms with Crippen molar-refractivity contribution in [1.82, 2.24) is 0 Å². The first-order valence-corrected chi connectivity index (χ1v) is 1.42. The van der Waals surface area contributed by atoms with Crippen LogP contribution in [0.4, 0.5) is 4.79 Å². The van der Waals surface area contributed by atoms with Crippen LogP contribution in [0.15, 0.2) is 0 Å². The predicted molar refractivity (Wildman–Crippen MR) is 19.1 cm³/mol. The highest BCUT2D eigenvalue weighted by atomic mass is 16.7. The van der Waals surface area contributed by atoms with E-state index in [-0.39, 0.29) is 0 Å². The van der Waals surface area contributed by atoms with Gasteiger partial charge < -0.3 is 0 Å². The van der Waals surface area contributed by atoms with Crippen molar-refractivity contribution in [2.75, 3.05) is 0 Å². The average Bonchev–Trinajstić information content (AvgIpc) is 1.67. The molecule has 0 heterocycles. The smallest absolute Gasteiger partial charge is 0.290 e. The van der Waals surface area contributed by atoms with Crippen molar-refractivity contribution < 1.29 is 14.5 Å². The Kier molecular flexibility index (Phi) is 2.00. The maximum absolute atomic E-state index is 9.60. The van der Waals surface area contributed by atoms with Crippen molar-refractivity contribution in [2.45, 2.75) is 0 Å². The Hall–Kier alpha value is -1.64. The summed E-state index contributed by atoms with van der Waals surface area (Å²) in [5.74, 6) is 0. The standard InChI is InChI=1S/C2N2O4/c3-1-8-2(5)4(6)7. The number of nitrogens with zero attached hydrogens (tertiary/aromatic N) is 2. The van der Waals surface area contributed by atoms with Crippen molar-refractivity contribution in [2.24, 2.45) is 0 Å². The van der Waals surface area contributed by atoms with E-state index >= 15 is 0 Å². The lowest BCUT2D eigenvalue weighted by atomic mass is 11.2. The number of amides is 1. The van der Waals surface area contributed by atoms with E-state index < -0.39 is 11.0 Å². The van der Waals surface area contributed by atoms with Gasteiger partial charge in [0.05, 0.1) is 0 Å². The van der Waals surface area contributed by atoms with Crippen LogP contribution in [0.3, 0.4) is 0 Å². The zero-order valence-electron chi connectivity index (χ0n) is 3.53. The fourth-order valence-corrected chi connectivity index (χ4v) is 0.0763. The van der Waals surface area contributed by atoms with E-state index in [1.807, 2.05) is 0 Å². The van der Waals surface area contributed by atoms with E-state index in [0.717, 1.165) is 6.26 Å². The first-order chi connectivity index (χ1) is 3.68. The summed E-state index contributed by atoms with van der Waals surface area (Å²) >= 11 is 0. The van der Waals surface area contributed by atoms with Crippen LogP contribution in [-0.4, -0.2) is 11.0 Å². The molecule has 0 aliphatic carbocycles. The van der Waals surface area contributed by atoms with Gasteiger partial charge in [0.15, 0.2) is 0 Å². The summed E-state index contributed by atoms with van der Waals surface area (Å²) in [6.45, 7) is 0. The molecule has 0 atom stereocenters. The topological polar surface area (TPSA) is 93.2 Å². The van der Waals surface area contributed by atoms with Gasteiger partial charge in [-0.3, -0.25) is 14.9 Å². The average molecular weight is 116 g/mol. The van der Waals surface area contributed by atoms with Crippen molar-refractivity contribution in [1.29, 1.82) is 5.26 Å². The Morgan fingerprint density at radius 3 is 2.50 bits per heavy atom. The van der Waals surface area contributed by atoms with Crippen LogP contribution in [0.5, 0.6) is 0 Å². The van der Waals surface area contributed by atoms with Crippen molar-refractivity contribution >= 4 is 6.09 Å². The Bertz CT molecular complexity index is 156. The summed E-state index contributed by atoms with van der Waals surface area (Å²) in [4.78, 5) is 17.5. The van der Waals surface area contributed by atoms with Crippen molar-refractivity contribution in [3.63, 3.8) is 0 Å². The summed E-state index contributed by atoms with van der Waals surface area (Å²) in [7, 11) is 0. The molecule has 1 amide bonds. The minimum Gasteiger partial charge on any atom is -0.290 e. The molecular weight excluding hydrogens is 116 g/mol. The maximum Gasteiger partial charge on any atom is 0.672 e. The van der Waals surface area contributed by atoms with Gasteiger partial charge in [0.1, 0.15) is 4.92 Å². The third-order valence-electron chi connectivity index (χ3n) is 0.282. The van der Waals surface area contributed by atoms with Crippen LogP contribution in [0.1, 0.15) is 0 Å². The Morgan fingerprint density at radius 2 is 2.38 bits per heavy atom. The summed E-state index contributed by atoms with van der Waals surface area (Å²) in [5, 5.41) is 16.8. The van der Waals surface area contributed by atoms with E-state index in [1.165, 1.54) is 0 Å². The molecule has 6 heteroatoms. The lowest BCUT2D eigenvalue weighted by Crippen LogP contribution is -2.09. The maximum atomic E-state index is 9.60. The van der Waals surface area contributed by atoms with Gasteiger partial charge in [-0.15, -0.1) is 5.26 Å². The zero-order valence-corrected chi connectivity index (χ0v) is 3.53. The second-order valence-electron chi connectivity index (χ2n) is 0.716. The van der Waals surface area contributed by atoms with E-state index in [1.54, 1.807) is 0 Å². The molecule has 0 unspecified atom stereocenters. The number of hydrogen-bond donors (Lipinski definition) is 0. The third-order valence-corrected chi connectivity index (χ3v) is 0.282. The molecule has 0 aliphatic heterocycles. The van der Waals surface area contributed by atoms with Crippen LogP contribution in [0.25, 0.3) is 0 Å². The first kappa shape index (κ1) is 6.36. The zero-order chi connectivity index (χ0) is 6.57. The fraction of sp³-hybridized carbons (Fsp3) is 0. The molecule has 0 aromatic heterocycles. The van der Waals surface area contributed by atoms with Crippen LogP contribution < -0.4 is 0 Å². The summed E-state index contributed by atoms with van der Waals surface area (Å²) < 4.78 is 3.27. The second-order valence-corrected chi connectivity index (χ2v) is 0.716. The second kappa shape index (κ2) is 2.52. The van der Waals surface area contributed by atoms with Gasteiger partial charge in [-0.1, -0.05) is 0 Å². The predicted octanol–water partition coefficient (Wildman–Crippen LogP) is -0.119. The highest BCUT2D eigenvalue weighted by Gasteiger charge is 2.15. The molecule has 0 aromatic carbocycles. The van der Waals surface area contributed by atoms with Gasteiger partial charge in [-0.2, -0.15) is 4.79 Å². The van der Waals surface area contributed by atoms with Crippen LogP contribution in [0, 0.1) is 21.6 Å². The highest BCUT2D eigenvalue weighted by Crippen LogP contribution is 1.77. The molecule has 42 valence electrons. The quantitative estimate of drug-likeness (QED) is 0.250. The first-order valence-electron chi connectivity index (χ1n) is 1.42. The minimum absolute atomic E-state index is 0.858. The number of carbonyl (C=O) groups excluding carboxylic acids is 1. The van der Waals surface area contributed by atoms with Gasteiger partial charge in [0, 0.05) is 0 Å². The molecule has 0 bridgehead atoms. The summed E-state index contributed by atoms with van der Waals surface area (Å²) in [6, 6.07) is 0. The Morgan fingerprint density at radius 1 is 1.88 bits per heavy atom. The number of nitro groups is 1. The molecule has 0 saturated heterocycles. The molecule has 0 rings (SSSR count). The summed E-state index contributed by atoms with van der Waals surface area (Å²) in [6.07, 6.45) is -0.899. The molecule has 8 heavy (non-hydrogen) atoms. The largest absolute Gasteiger partial charge is 0.672 e. The lowest BCUT2D eigenvalue weighted by molar-refractivity contribution is -0.391. The van der Waals surface area contributed by atoms with E-state index in [2.05, 4.69) is 4.74 Å². The van der Waals surface area contributed by atoms with Gasteiger partial charge in [0.2, 0.25) is 0 Å². The highest BCUT2D eigenvalue weighted by molar-refractivity contribution is 5.58. The number of rotatable bonds is 0. The molecule has 0 fully saturated rings. The van der Waals surface area contributed by atoms with Crippen molar-refractivity contribution in [3.8, 4) is 6.26 Å². The number of nitriles is 1. The van der Waals surface area contributed by atoms with Crippen LogP contribution >= 0.6 is 0 Å². The molecule has 0 N–H and O–H groups in total. The van der Waals surface area contributed by atoms with Crippen LogP contribution in [-0.2, 0) is 4.74 Å². The van der Waals surface area contributed by atoms with E-state index in [0.29, 0.717) is 0 Å². The molecule has 6 nitrogen and oxygen atoms in total. The lowest BCUT2D eigenvalue weighted by Gasteiger charge is -1.77. The molecule has 0 spiro atoms. The molecule has 0 aromatic rings. The molecule has 0 aliphatic rings. The molecule has 0 saturated carbocycles.